The molecule has 2 aromatic carbocycles. The van der Waals surface area contributed by atoms with Crippen molar-refractivity contribution in [2.24, 2.45) is 0 Å². The zero-order valence-electron chi connectivity index (χ0n) is 10.8. The second-order valence-corrected chi connectivity index (χ2v) is 4.45. The fourth-order valence-corrected chi connectivity index (χ4v) is 2.06. The molecule has 94 valence electrons. The zero-order valence-corrected chi connectivity index (χ0v) is 10.8. The van der Waals surface area contributed by atoms with Crippen LogP contribution in [0.25, 0.3) is 0 Å². The van der Waals surface area contributed by atoms with E-state index in [1.54, 1.807) is 7.11 Å². The van der Waals surface area contributed by atoms with E-state index in [4.69, 9.17) is 9.84 Å². The maximum Gasteiger partial charge on any atom is 0.119 e. The van der Waals surface area contributed by atoms with E-state index in [1.807, 2.05) is 24.3 Å². The van der Waals surface area contributed by atoms with Gasteiger partial charge in [-0.05, 0) is 47.7 Å². The Morgan fingerprint density at radius 2 is 1.89 bits per heavy atom. The van der Waals surface area contributed by atoms with Gasteiger partial charge in [-0.2, -0.15) is 0 Å². The van der Waals surface area contributed by atoms with Gasteiger partial charge in [-0.15, -0.1) is 0 Å². The molecule has 0 spiro atoms. The van der Waals surface area contributed by atoms with E-state index < -0.39 is 0 Å². The molecule has 0 unspecified atom stereocenters. The fraction of sp³-hybridized carbons (Fsp3) is 0.250. The first kappa shape index (κ1) is 12.7. The monoisotopic (exact) mass is 242 g/mol. The van der Waals surface area contributed by atoms with Gasteiger partial charge in [0.2, 0.25) is 0 Å². The van der Waals surface area contributed by atoms with Crippen LogP contribution in [0.15, 0.2) is 42.5 Å². The Morgan fingerprint density at radius 1 is 1.06 bits per heavy atom. The average Bonchev–Trinajstić information content (AvgIpc) is 2.41. The van der Waals surface area contributed by atoms with Gasteiger partial charge in [0.1, 0.15) is 5.75 Å². The first-order valence-electron chi connectivity index (χ1n) is 6.05. The van der Waals surface area contributed by atoms with Crippen molar-refractivity contribution >= 4 is 0 Å². The van der Waals surface area contributed by atoms with Crippen LogP contribution in [0, 0.1) is 6.92 Å². The highest BCUT2D eigenvalue weighted by Crippen LogP contribution is 2.19. The molecule has 2 nitrogen and oxygen atoms in total. The minimum Gasteiger partial charge on any atom is -0.497 e. The highest BCUT2D eigenvalue weighted by Gasteiger charge is 2.02. The average molecular weight is 242 g/mol. The van der Waals surface area contributed by atoms with Crippen LogP contribution in [0.5, 0.6) is 5.75 Å². The molecule has 1 N–H and O–H groups in total. The summed E-state index contributed by atoms with van der Waals surface area (Å²) >= 11 is 0. The molecule has 0 aliphatic rings. The molecule has 18 heavy (non-hydrogen) atoms. The van der Waals surface area contributed by atoms with Crippen molar-refractivity contribution in [3.63, 3.8) is 0 Å². The Hall–Kier alpha value is -1.80. The number of hydrogen-bond acceptors (Lipinski definition) is 2. The first-order chi connectivity index (χ1) is 8.72. The SMILES string of the molecule is COc1cccc(Cc2ccc(CO)cc2C)c1. The fourth-order valence-electron chi connectivity index (χ4n) is 2.06. The predicted octanol–water partition coefficient (Wildman–Crippen LogP) is 3.09. The molecule has 0 saturated carbocycles. The molecule has 0 bridgehead atoms. The Morgan fingerprint density at radius 3 is 2.56 bits per heavy atom. The lowest BCUT2D eigenvalue weighted by atomic mass is 9.98. The summed E-state index contributed by atoms with van der Waals surface area (Å²) in [5, 5.41) is 9.09. The van der Waals surface area contributed by atoms with Crippen LogP contribution >= 0.6 is 0 Å². The van der Waals surface area contributed by atoms with Crippen LogP contribution in [0.4, 0.5) is 0 Å². The molecular weight excluding hydrogens is 224 g/mol. The quantitative estimate of drug-likeness (QED) is 0.892. The van der Waals surface area contributed by atoms with Gasteiger partial charge in [0.25, 0.3) is 0 Å². The maximum atomic E-state index is 9.09. The number of aliphatic hydroxyl groups excluding tert-OH is 1. The second kappa shape index (κ2) is 5.69. The third kappa shape index (κ3) is 2.90. The van der Waals surface area contributed by atoms with E-state index in [-0.39, 0.29) is 6.61 Å². The second-order valence-electron chi connectivity index (χ2n) is 4.45. The zero-order chi connectivity index (χ0) is 13.0. The number of ether oxygens (including phenoxy) is 1. The molecule has 0 radical (unpaired) electrons. The minimum absolute atomic E-state index is 0.0975. The summed E-state index contributed by atoms with van der Waals surface area (Å²) in [6, 6.07) is 14.2. The number of benzene rings is 2. The van der Waals surface area contributed by atoms with E-state index >= 15 is 0 Å². The molecule has 0 atom stereocenters. The van der Waals surface area contributed by atoms with Gasteiger partial charge in [0.15, 0.2) is 0 Å². The molecule has 2 rings (SSSR count). The van der Waals surface area contributed by atoms with Crippen LogP contribution in [0.2, 0.25) is 0 Å². The van der Waals surface area contributed by atoms with Crippen molar-refractivity contribution in [1.29, 1.82) is 0 Å². The molecule has 0 saturated heterocycles. The van der Waals surface area contributed by atoms with E-state index in [1.165, 1.54) is 16.7 Å². The standard InChI is InChI=1S/C16H18O2/c1-12-8-14(11-17)6-7-15(12)9-13-4-3-5-16(10-13)18-2/h3-8,10,17H,9,11H2,1-2H3. The van der Waals surface area contributed by atoms with E-state index in [0.29, 0.717) is 0 Å². The van der Waals surface area contributed by atoms with Gasteiger partial charge < -0.3 is 9.84 Å². The lowest BCUT2D eigenvalue weighted by Gasteiger charge is -2.09. The summed E-state index contributed by atoms with van der Waals surface area (Å²) in [7, 11) is 1.68. The summed E-state index contributed by atoms with van der Waals surface area (Å²) in [6.07, 6.45) is 0.884. The molecule has 0 fully saturated rings. The maximum absolute atomic E-state index is 9.09. The van der Waals surface area contributed by atoms with Crippen LogP contribution in [0.3, 0.4) is 0 Å². The van der Waals surface area contributed by atoms with E-state index in [0.717, 1.165) is 17.7 Å². The predicted molar refractivity (Wildman–Crippen MR) is 72.9 cm³/mol. The van der Waals surface area contributed by atoms with Crippen molar-refractivity contribution in [3.8, 4) is 5.75 Å². The lowest BCUT2D eigenvalue weighted by molar-refractivity contribution is 0.281. The molecular formula is C16H18O2. The Kier molecular flexibility index (Phi) is 4.00. The molecule has 0 aliphatic carbocycles. The summed E-state index contributed by atoms with van der Waals surface area (Å²) in [4.78, 5) is 0. The Labute approximate surface area is 108 Å². The molecule has 0 aliphatic heterocycles. The lowest BCUT2D eigenvalue weighted by Crippen LogP contribution is -1.94. The third-order valence-electron chi connectivity index (χ3n) is 3.12. The van der Waals surface area contributed by atoms with Gasteiger partial charge in [0, 0.05) is 0 Å². The minimum atomic E-state index is 0.0975. The largest absolute Gasteiger partial charge is 0.497 e. The smallest absolute Gasteiger partial charge is 0.119 e. The first-order valence-corrected chi connectivity index (χ1v) is 6.05. The van der Waals surface area contributed by atoms with Gasteiger partial charge in [-0.3, -0.25) is 0 Å². The Bertz CT molecular complexity index is 532. The van der Waals surface area contributed by atoms with Gasteiger partial charge in [0.05, 0.1) is 13.7 Å². The Balaban J connectivity index is 2.22. The molecule has 0 aromatic heterocycles. The normalized spacial score (nSPS) is 10.4. The summed E-state index contributed by atoms with van der Waals surface area (Å²) in [5.41, 5.74) is 4.68. The third-order valence-corrected chi connectivity index (χ3v) is 3.12. The van der Waals surface area contributed by atoms with Crippen LogP contribution in [-0.4, -0.2) is 12.2 Å². The van der Waals surface area contributed by atoms with E-state index in [2.05, 4.69) is 25.1 Å². The number of hydrogen-bond donors (Lipinski definition) is 1. The highest BCUT2D eigenvalue weighted by atomic mass is 16.5. The van der Waals surface area contributed by atoms with Gasteiger partial charge >= 0.3 is 0 Å². The number of aryl methyl sites for hydroxylation is 1. The molecule has 2 heteroatoms. The summed E-state index contributed by atoms with van der Waals surface area (Å²) in [6.45, 7) is 2.18. The van der Waals surface area contributed by atoms with Gasteiger partial charge in [-0.25, -0.2) is 0 Å². The van der Waals surface area contributed by atoms with Gasteiger partial charge in [-0.1, -0.05) is 30.3 Å². The number of methoxy groups -OCH3 is 1. The number of rotatable bonds is 4. The van der Waals surface area contributed by atoms with Crippen molar-refractivity contribution in [2.45, 2.75) is 20.0 Å². The molecule has 0 heterocycles. The topological polar surface area (TPSA) is 29.5 Å². The molecule has 2 aromatic rings. The van der Waals surface area contributed by atoms with Crippen LogP contribution < -0.4 is 4.74 Å². The summed E-state index contributed by atoms with van der Waals surface area (Å²) in [5.74, 6) is 0.886. The molecule has 0 amide bonds. The van der Waals surface area contributed by atoms with Crippen molar-refractivity contribution in [3.05, 3.63) is 64.7 Å². The van der Waals surface area contributed by atoms with E-state index in [9.17, 15) is 0 Å². The van der Waals surface area contributed by atoms with Crippen LogP contribution in [0.1, 0.15) is 22.3 Å². The van der Waals surface area contributed by atoms with Crippen molar-refractivity contribution in [1.82, 2.24) is 0 Å². The summed E-state index contributed by atoms with van der Waals surface area (Å²) < 4.78 is 5.23. The highest BCUT2D eigenvalue weighted by molar-refractivity contribution is 5.37. The van der Waals surface area contributed by atoms with Crippen molar-refractivity contribution < 1.29 is 9.84 Å². The van der Waals surface area contributed by atoms with Crippen LogP contribution in [-0.2, 0) is 13.0 Å². The number of aliphatic hydroxyl groups is 1. The van der Waals surface area contributed by atoms with Crippen molar-refractivity contribution in [2.75, 3.05) is 7.11 Å².